The Labute approximate surface area is 133 Å². The van der Waals surface area contributed by atoms with Crippen LogP contribution in [-0.2, 0) is 10.9 Å². The Morgan fingerprint density at radius 1 is 1.39 bits per heavy atom. The standard InChI is InChI=1S/C16H22F3NO3/c1-12-5-7-22-8-6-20(12)10-14(21)11-23-15-4-2-3-13(9-15)16(17,18)19/h2-4,9,12,14,21H,5-8,10-11H2,1H3. The number of β-amino-alcohol motifs (C(OH)–C–C–N with tert-alkyl or cyclic N) is 1. The first-order valence-electron chi connectivity index (χ1n) is 7.66. The molecule has 0 spiro atoms. The minimum Gasteiger partial charge on any atom is -0.491 e. The van der Waals surface area contributed by atoms with Crippen LogP contribution in [0.15, 0.2) is 24.3 Å². The van der Waals surface area contributed by atoms with E-state index in [0.717, 1.165) is 25.1 Å². The summed E-state index contributed by atoms with van der Waals surface area (Å²) in [6.07, 6.45) is -4.29. The average Bonchev–Trinajstić information content (AvgIpc) is 2.70. The summed E-state index contributed by atoms with van der Waals surface area (Å²) < 4.78 is 48.6. The highest BCUT2D eigenvalue weighted by Gasteiger charge is 2.30. The van der Waals surface area contributed by atoms with Crippen LogP contribution < -0.4 is 4.74 Å². The van der Waals surface area contributed by atoms with E-state index in [1.165, 1.54) is 12.1 Å². The summed E-state index contributed by atoms with van der Waals surface area (Å²) >= 11 is 0. The quantitative estimate of drug-likeness (QED) is 0.899. The Balaban J connectivity index is 1.85. The monoisotopic (exact) mass is 333 g/mol. The molecule has 1 aliphatic heterocycles. The Hall–Kier alpha value is -1.31. The number of nitrogens with zero attached hydrogens (tertiary/aromatic N) is 1. The summed E-state index contributed by atoms with van der Waals surface area (Å²) in [7, 11) is 0. The van der Waals surface area contributed by atoms with E-state index in [1.54, 1.807) is 0 Å². The fraction of sp³-hybridized carbons (Fsp3) is 0.625. The number of halogens is 3. The molecule has 2 unspecified atom stereocenters. The van der Waals surface area contributed by atoms with E-state index in [9.17, 15) is 18.3 Å². The van der Waals surface area contributed by atoms with E-state index in [0.29, 0.717) is 25.8 Å². The van der Waals surface area contributed by atoms with Gasteiger partial charge in [0.2, 0.25) is 0 Å². The van der Waals surface area contributed by atoms with Crippen LogP contribution in [0.2, 0.25) is 0 Å². The fourth-order valence-corrected chi connectivity index (χ4v) is 2.49. The van der Waals surface area contributed by atoms with Gasteiger partial charge in [-0.15, -0.1) is 0 Å². The SMILES string of the molecule is CC1CCOCCN1CC(O)COc1cccc(C(F)(F)F)c1. The third-order valence-corrected chi connectivity index (χ3v) is 3.88. The van der Waals surface area contributed by atoms with Crippen LogP contribution in [0, 0.1) is 0 Å². The number of hydrogen-bond donors (Lipinski definition) is 1. The molecule has 2 atom stereocenters. The van der Waals surface area contributed by atoms with E-state index in [2.05, 4.69) is 11.8 Å². The first-order chi connectivity index (χ1) is 10.9. The van der Waals surface area contributed by atoms with Gasteiger partial charge in [0.15, 0.2) is 0 Å². The molecule has 2 rings (SSSR count). The zero-order chi connectivity index (χ0) is 16.9. The van der Waals surface area contributed by atoms with E-state index >= 15 is 0 Å². The highest BCUT2D eigenvalue weighted by molar-refractivity contribution is 5.30. The lowest BCUT2D eigenvalue weighted by atomic mass is 10.2. The van der Waals surface area contributed by atoms with Crippen LogP contribution in [0.1, 0.15) is 18.9 Å². The molecule has 1 heterocycles. The van der Waals surface area contributed by atoms with Crippen LogP contribution in [0.25, 0.3) is 0 Å². The van der Waals surface area contributed by atoms with Crippen molar-refractivity contribution < 1.29 is 27.8 Å². The zero-order valence-electron chi connectivity index (χ0n) is 13.1. The lowest BCUT2D eigenvalue weighted by Gasteiger charge is -2.28. The summed E-state index contributed by atoms with van der Waals surface area (Å²) in [6, 6.07) is 4.96. The second kappa shape index (κ2) is 7.99. The number of aliphatic hydroxyl groups is 1. The maximum absolute atomic E-state index is 12.6. The number of rotatable bonds is 5. The molecule has 7 heteroatoms. The van der Waals surface area contributed by atoms with Gasteiger partial charge >= 0.3 is 6.18 Å². The van der Waals surface area contributed by atoms with Gasteiger partial charge in [-0.05, 0) is 31.5 Å². The van der Waals surface area contributed by atoms with Crippen LogP contribution in [-0.4, -0.2) is 55.1 Å². The fourth-order valence-electron chi connectivity index (χ4n) is 2.49. The number of benzene rings is 1. The summed E-state index contributed by atoms with van der Waals surface area (Å²) in [5.41, 5.74) is -0.761. The summed E-state index contributed by atoms with van der Waals surface area (Å²) in [6.45, 7) is 4.46. The number of ether oxygens (including phenoxy) is 2. The molecule has 130 valence electrons. The third kappa shape index (κ3) is 5.67. The second-order valence-corrected chi connectivity index (χ2v) is 5.74. The average molecular weight is 333 g/mol. The van der Waals surface area contributed by atoms with Crippen LogP contribution in [0.4, 0.5) is 13.2 Å². The predicted molar refractivity (Wildman–Crippen MR) is 79.4 cm³/mol. The van der Waals surface area contributed by atoms with Gasteiger partial charge in [-0.2, -0.15) is 13.2 Å². The van der Waals surface area contributed by atoms with Gasteiger partial charge in [0.05, 0.1) is 12.2 Å². The van der Waals surface area contributed by atoms with Crippen molar-refractivity contribution in [1.82, 2.24) is 4.90 Å². The Morgan fingerprint density at radius 2 is 2.17 bits per heavy atom. The molecular formula is C16H22F3NO3. The van der Waals surface area contributed by atoms with Crippen molar-refractivity contribution in [2.45, 2.75) is 31.7 Å². The molecule has 0 amide bonds. The van der Waals surface area contributed by atoms with Crippen molar-refractivity contribution in [2.24, 2.45) is 0 Å². The van der Waals surface area contributed by atoms with Crippen molar-refractivity contribution in [3.05, 3.63) is 29.8 Å². The molecule has 23 heavy (non-hydrogen) atoms. The Bertz CT molecular complexity index is 496. The van der Waals surface area contributed by atoms with Gasteiger partial charge in [0.25, 0.3) is 0 Å². The van der Waals surface area contributed by atoms with Gasteiger partial charge in [0, 0.05) is 25.7 Å². The molecule has 1 aliphatic rings. The number of aliphatic hydroxyl groups excluding tert-OH is 1. The van der Waals surface area contributed by atoms with Gasteiger partial charge in [-0.1, -0.05) is 6.07 Å². The van der Waals surface area contributed by atoms with Gasteiger partial charge < -0.3 is 14.6 Å². The molecule has 0 aromatic heterocycles. The van der Waals surface area contributed by atoms with Crippen molar-refractivity contribution in [3.8, 4) is 5.75 Å². The molecule has 1 fully saturated rings. The molecule has 0 bridgehead atoms. The first-order valence-corrected chi connectivity index (χ1v) is 7.66. The van der Waals surface area contributed by atoms with Crippen LogP contribution in [0.5, 0.6) is 5.75 Å². The minimum atomic E-state index is -4.40. The molecule has 0 aliphatic carbocycles. The third-order valence-electron chi connectivity index (χ3n) is 3.88. The maximum Gasteiger partial charge on any atom is 0.416 e. The summed E-state index contributed by atoms with van der Waals surface area (Å²) in [4.78, 5) is 2.10. The maximum atomic E-state index is 12.6. The van der Waals surface area contributed by atoms with Gasteiger partial charge in [-0.3, -0.25) is 4.90 Å². The molecule has 1 N–H and O–H groups in total. The highest BCUT2D eigenvalue weighted by atomic mass is 19.4. The van der Waals surface area contributed by atoms with E-state index < -0.39 is 17.8 Å². The lowest BCUT2D eigenvalue weighted by Crippen LogP contribution is -2.41. The topological polar surface area (TPSA) is 41.9 Å². The second-order valence-electron chi connectivity index (χ2n) is 5.74. The first kappa shape index (κ1) is 18.0. The van der Waals surface area contributed by atoms with Gasteiger partial charge in [-0.25, -0.2) is 0 Å². The Morgan fingerprint density at radius 3 is 2.91 bits per heavy atom. The van der Waals surface area contributed by atoms with Gasteiger partial charge in [0.1, 0.15) is 18.5 Å². The Kier molecular flexibility index (Phi) is 6.26. The minimum absolute atomic E-state index is 0.0502. The summed E-state index contributed by atoms with van der Waals surface area (Å²) in [5.74, 6) is 0.103. The summed E-state index contributed by atoms with van der Waals surface area (Å²) in [5, 5.41) is 10.1. The number of hydrogen-bond acceptors (Lipinski definition) is 4. The lowest BCUT2D eigenvalue weighted by molar-refractivity contribution is -0.137. The molecule has 0 saturated carbocycles. The molecule has 4 nitrogen and oxygen atoms in total. The molecular weight excluding hydrogens is 311 g/mol. The molecule has 0 radical (unpaired) electrons. The molecule has 1 aromatic carbocycles. The van der Waals surface area contributed by atoms with Crippen molar-refractivity contribution in [2.75, 3.05) is 32.9 Å². The van der Waals surface area contributed by atoms with Crippen molar-refractivity contribution >= 4 is 0 Å². The van der Waals surface area contributed by atoms with Crippen molar-refractivity contribution in [3.63, 3.8) is 0 Å². The van der Waals surface area contributed by atoms with E-state index in [-0.39, 0.29) is 12.4 Å². The molecule has 1 saturated heterocycles. The van der Waals surface area contributed by atoms with E-state index in [4.69, 9.17) is 9.47 Å². The van der Waals surface area contributed by atoms with E-state index in [1.807, 2.05) is 0 Å². The smallest absolute Gasteiger partial charge is 0.416 e. The largest absolute Gasteiger partial charge is 0.491 e. The normalized spacial score (nSPS) is 21.7. The van der Waals surface area contributed by atoms with Crippen LogP contribution in [0.3, 0.4) is 0 Å². The predicted octanol–water partition coefficient (Wildman–Crippen LogP) is 2.56. The zero-order valence-corrected chi connectivity index (χ0v) is 13.1. The highest BCUT2D eigenvalue weighted by Crippen LogP contribution is 2.31. The number of alkyl halides is 3. The van der Waals surface area contributed by atoms with Crippen LogP contribution >= 0.6 is 0 Å². The molecule has 1 aromatic rings. The van der Waals surface area contributed by atoms with Crippen molar-refractivity contribution in [1.29, 1.82) is 0 Å².